The summed E-state index contributed by atoms with van der Waals surface area (Å²) in [5.41, 5.74) is -0.350. The van der Waals surface area contributed by atoms with E-state index in [1.807, 2.05) is 0 Å². The molecule has 1 aromatic heterocycles. The second-order valence-corrected chi connectivity index (χ2v) is 7.16. The highest BCUT2D eigenvalue weighted by Crippen LogP contribution is 2.28. The molecule has 1 aliphatic heterocycles. The summed E-state index contributed by atoms with van der Waals surface area (Å²) in [6.07, 6.45) is 0. The van der Waals surface area contributed by atoms with Gasteiger partial charge in [0, 0.05) is 5.69 Å². The van der Waals surface area contributed by atoms with Gasteiger partial charge in [0.05, 0.1) is 0 Å². The molecule has 1 atom stereocenters. The normalized spacial score (nSPS) is 18.2. The quantitative estimate of drug-likeness (QED) is 0.600. The number of aromatic nitrogens is 4. The van der Waals surface area contributed by atoms with E-state index in [0.717, 1.165) is 11.0 Å². The highest BCUT2D eigenvalue weighted by atomic mass is 19.1. The summed E-state index contributed by atoms with van der Waals surface area (Å²) in [6, 6.07) is 12.0. The molecule has 0 aliphatic carbocycles. The van der Waals surface area contributed by atoms with Gasteiger partial charge in [0.1, 0.15) is 23.6 Å². The van der Waals surface area contributed by atoms with Crippen molar-refractivity contribution in [1.82, 2.24) is 30.4 Å². The Balaban J connectivity index is 1.50. The van der Waals surface area contributed by atoms with Crippen LogP contribution in [0.1, 0.15) is 18.3 Å². The van der Waals surface area contributed by atoms with Crippen molar-refractivity contribution in [3.05, 3.63) is 65.7 Å². The molecule has 0 spiro atoms. The Morgan fingerprint density at radius 2 is 1.94 bits per heavy atom. The summed E-state index contributed by atoms with van der Waals surface area (Å²) in [7, 11) is 0. The second-order valence-electron chi connectivity index (χ2n) is 7.16. The fourth-order valence-electron chi connectivity index (χ4n) is 3.36. The molecule has 4 amide bonds. The Kier molecular flexibility index (Phi) is 4.93. The molecule has 1 saturated heterocycles. The maximum absolute atomic E-state index is 14.2. The lowest BCUT2D eigenvalue weighted by Crippen LogP contribution is -2.42. The number of halogens is 1. The Morgan fingerprint density at radius 1 is 1.19 bits per heavy atom. The van der Waals surface area contributed by atoms with Gasteiger partial charge in [-0.05, 0) is 48.0 Å². The van der Waals surface area contributed by atoms with Crippen molar-refractivity contribution in [2.45, 2.75) is 19.4 Å². The van der Waals surface area contributed by atoms with Crippen LogP contribution < -0.4 is 10.6 Å². The number of tetrazole rings is 1. The van der Waals surface area contributed by atoms with Crippen molar-refractivity contribution < 1.29 is 18.8 Å². The molecule has 2 aromatic carbocycles. The molecule has 1 aliphatic rings. The SMILES string of the molecule is Cc1nnnn1-c1cc(NC(=O)CN2C(=O)NC(C)(c3ccccc3)C2=O)ccc1F. The number of carbonyl (C=O) groups excluding carboxylic acids is 3. The van der Waals surface area contributed by atoms with Gasteiger partial charge in [0.25, 0.3) is 5.91 Å². The van der Waals surface area contributed by atoms with Gasteiger partial charge < -0.3 is 10.6 Å². The minimum Gasteiger partial charge on any atom is -0.324 e. The van der Waals surface area contributed by atoms with E-state index in [1.54, 1.807) is 44.2 Å². The average Bonchev–Trinajstić information content (AvgIpc) is 3.27. The van der Waals surface area contributed by atoms with Crippen LogP contribution in [0.4, 0.5) is 14.9 Å². The summed E-state index contributed by atoms with van der Waals surface area (Å²) in [6.45, 7) is 2.69. The number of hydrogen-bond donors (Lipinski definition) is 2. The van der Waals surface area contributed by atoms with E-state index in [9.17, 15) is 18.8 Å². The first kappa shape index (κ1) is 20.1. The van der Waals surface area contributed by atoms with Crippen molar-refractivity contribution in [1.29, 1.82) is 0 Å². The van der Waals surface area contributed by atoms with Gasteiger partial charge in [-0.15, -0.1) is 5.10 Å². The molecule has 0 saturated carbocycles. The number of urea groups is 1. The third kappa shape index (κ3) is 3.61. The maximum atomic E-state index is 14.2. The number of anilines is 1. The molecule has 11 heteroatoms. The molecule has 4 rings (SSSR count). The van der Waals surface area contributed by atoms with Gasteiger partial charge in [-0.2, -0.15) is 4.68 Å². The topological polar surface area (TPSA) is 122 Å². The van der Waals surface area contributed by atoms with Gasteiger partial charge >= 0.3 is 6.03 Å². The smallest absolute Gasteiger partial charge is 0.324 e. The number of nitrogens with one attached hydrogen (secondary N) is 2. The first-order valence-electron chi connectivity index (χ1n) is 9.34. The van der Waals surface area contributed by atoms with Crippen LogP contribution in [0.15, 0.2) is 48.5 Å². The number of nitrogens with zero attached hydrogens (tertiary/aromatic N) is 5. The maximum Gasteiger partial charge on any atom is 0.325 e. The molecule has 158 valence electrons. The second kappa shape index (κ2) is 7.59. The van der Waals surface area contributed by atoms with Crippen LogP contribution in [0.3, 0.4) is 0 Å². The molecule has 0 bridgehead atoms. The zero-order valence-corrected chi connectivity index (χ0v) is 16.7. The zero-order chi connectivity index (χ0) is 22.2. The van der Waals surface area contributed by atoms with E-state index in [-0.39, 0.29) is 11.4 Å². The van der Waals surface area contributed by atoms with Crippen LogP contribution in [0.2, 0.25) is 0 Å². The summed E-state index contributed by atoms with van der Waals surface area (Å²) in [5.74, 6) is -1.38. The summed E-state index contributed by atoms with van der Waals surface area (Å²) in [5, 5.41) is 16.1. The van der Waals surface area contributed by atoms with Crippen molar-refractivity contribution >= 4 is 23.5 Å². The third-order valence-electron chi connectivity index (χ3n) is 5.01. The first-order chi connectivity index (χ1) is 14.8. The predicted molar refractivity (Wildman–Crippen MR) is 107 cm³/mol. The molecule has 2 N–H and O–H groups in total. The van der Waals surface area contributed by atoms with Gasteiger partial charge in [0.15, 0.2) is 5.82 Å². The van der Waals surface area contributed by atoms with Crippen LogP contribution in [0.25, 0.3) is 5.69 Å². The van der Waals surface area contributed by atoms with E-state index >= 15 is 0 Å². The standard InChI is InChI=1S/C20H18FN7O3/c1-12-24-25-26-28(12)16-10-14(8-9-15(16)21)22-17(29)11-27-18(30)20(2,23-19(27)31)13-6-4-3-5-7-13/h3-10H,11H2,1-2H3,(H,22,29)(H,23,31). The zero-order valence-electron chi connectivity index (χ0n) is 16.7. The molecule has 0 radical (unpaired) electrons. The van der Waals surface area contributed by atoms with Crippen LogP contribution in [-0.4, -0.2) is 49.5 Å². The minimum absolute atomic E-state index is 0.0481. The Bertz CT molecular complexity index is 1180. The highest BCUT2D eigenvalue weighted by molar-refractivity contribution is 6.10. The van der Waals surface area contributed by atoms with Gasteiger partial charge in [-0.25, -0.2) is 9.18 Å². The van der Waals surface area contributed by atoms with E-state index in [4.69, 9.17) is 0 Å². The Hall–Kier alpha value is -4.15. The van der Waals surface area contributed by atoms with Crippen LogP contribution in [-0.2, 0) is 15.1 Å². The van der Waals surface area contributed by atoms with Gasteiger partial charge in [-0.3, -0.25) is 14.5 Å². The largest absolute Gasteiger partial charge is 0.325 e. The van der Waals surface area contributed by atoms with Crippen molar-refractivity contribution in [2.75, 3.05) is 11.9 Å². The predicted octanol–water partition coefficient (Wildman–Crippen LogP) is 1.52. The number of rotatable bonds is 5. The van der Waals surface area contributed by atoms with Gasteiger partial charge in [0.2, 0.25) is 5.91 Å². The molecule has 1 fully saturated rings. The van der Waals surface area contributed by atoms with Crippen molar-refractivity contribution in [3.8, 4) is 5.69 Å². The molecule has 10 nitrogen and oxygen atoms in total. The number of amides is 4. The van der Waals surface area contributed by atoms with Crippen LogP contribution in [0, 0.1) is 12.7 Å². The molecule has 1 unspecified atom stereocenters. The lowest BCUT2D eigenvalue weighted by atomic mass is 9.92. The van der Waals surface area contributed by atoms with E-state index in [1.165, 1.54) is 16.8 Å². The fraction of sp³-hybridized carbons (Fsp3) is 0.200. The summed E-state index contributed by atoms with van der Waals surface area (Å²) < 4.78 is 15.4. The van der Waals surface area contributed by atoms with Crippen LogP contribution in [0.5, 0.6) is 0 Å². The number of imide groups is 1. The van der Waals surface area contributed by atoms with E-state index < -0.39 is 35.7 Å². The number of hydrogen-bond acceptors (Lipinski definition) is 6. The molecule has 3 aromatic rings. The van der Waals surface area contributed by atoms with E-state index in [0.29, 0.717) is 11.4 Å². The molecule has 31 heavy (non-hydrogen) atoms. The van der Waals surface area contributed by atoms with E-state index in [2.05, 4.69) is 26.2 Å². The third-order valence-corrected chi connectivity index (χ3v) is 5.01. The number of benzene rings is 2. The van der Waals surface area contributed by atoms with Crippen molar-refractivity contribution in [2.24, 2.45) is 0 Å². The highest BCUT2D eigenvalue weighted by Gasteiger charge is 2.49. The Labute approximate surface area is 176 Å². The Morgan fingerprint density at radius 3 is 2.61 bits per heavy atom. The lowest BCUT2D eigenvalue weighted by molar-refractivity contribution is -0.133. The number of aryl methyl sites for hydroxylation is 1. The lowest BCUT2D eigenvalue weighted by Gasteiger charge is -2.22. The average molecular weight is 423 g/mol. The molecule has 2 heterocycles. The number of carbonyl (C=O) groups is 3. The monoisotopic (exact) mass is 423 g/mol. The minimum atomic E-state index is -1.26. The summed E-state index contributed by atoms with van der Waals surface area (Å²) in [4.78, 5) is 38.7. The fourth-order valence-corrected chi connectivity index (χ4v) is 3.36. The van der Waals surface area contributed by atoms with Gasteiger partial charge in [-0.1, -0.05) is 30.3 Å². The summed E-state index contributed by atoms with van der Waals surface area (Å²) >= 11 is 0. The van der Waals surface area contributed by atoms with Crippen molar-refractivity contribution in [3.63, 3.8) is 0 Å². The molecular formula is C20H18FN7O3. The first-order valence-corrected chi connectivity index (χ1v) is 9.34. The van der Waals surface area contributed by atoms with Crippen LogP contribution >= 0.6 is 0 Å². The molecular weight excluding hydrogens is 405 g/mol.